The third-order valence-electron chi connectivity index (χ3n) is 3.31. The maximum absolute atomic E-state index is 10.9. The van der Waals surface area contributed by atoms with Gasteiger partial charge < -0.3 is 38.3 Å². The molecule has 4 heteroatoms. The topological polar surface area (TPSA) is 29.5 Å². The fraction of sp³-hybridized carbons (Fsp3) is 0.500. The van der Waals surface area contributed by atoms with Crippen LogP contribution in [0.2, 0.25) is 0 Å². The lowest BCUT2D eigenvalue weighted by Gasteiger charge is -2.32. The molecule has 0 fully saturated rings. The van der Waals surface area contributed by atoms with Gasteiger partial charge in [-0.15, -0.1) is 6.58 Å². The molecule has 0 aliphatic heterocycles. The summed E-state index contributed by atoms with van der Waals surface area (Å²) < 4.78 is 5.98. The zero-order valence-electron chi connectivity index (χ0n) is 12.9. The molecule has 0 radical (unpaired) electrons. The van der Waals surface area contributed by atoms with E-state index >= 15 is 0 Å². The van der Waals surface area contributed by atoms with Gasteiger partial charge >= 0.3 is 0 Å². The molecule has 20 heavy (non-hydrogen) atoms. The normalized spacial score (nSPS) is 14.1. The Kier molecular flexibility index (Phi) is 7.76. The summed E-state index contributed by atoms with van der Waals surface area (Å²) in [5, 5.41) is 10.9. The predicted molar refractivity (Wildman–Crippen MR) is 79.2 cm³/mol. The highest BCUT2D eigenvalue weighted by atomic mass is 127. The molecular weight excluding hydrogens is 365 g/mol. The fourth-order valence-corrected chi connectivity index (χ4v) is 2.02. The second kappa shape index (κ2) is 8.00. The van der Waals surface area contributed by atoms with Crippen LogP contribution in [0.5, 0.6) is 5.75 Å². The summed E-state index contributed by atoms with van der Waals surface area (Å²) in [6.07, 6.45) is 3.04. The summed E-state index contributed by atoms with van der Waals surface area (Å²) in [4.78, 5) is 0. The zero-order valence-corrected chi connectivity index (χ0v) is 15.1. The number of hydrogen-bond donors (Lipinski definition) is 1. The number of ether oxygens (including phenoxy) is 1. The lowest BCUT2D eigenvalue weighted by atomic mass is 9.87. The number of aliphatic hydroxyl groups is 1. The number of quaternary nitrogens is 1. The van der Waals surface area contributed by atoms with Crippen LogP contribution in [0, 0.1) is 0 Å². The molecule has 0 spiro atoms. The van der Waals surface area contributed by atoms with Gasteiger partial charge in [0.1, 0.15) is 5.75 Å². The molecule has 0 saturated heterocycles. The van der Waals surface area contributed by atoms with Gasteiger partial charge in [-0.25, -0.2) is 0 Å². The Hall–Kier alpha value is -0.590. The SMILES string of the molecule is C=CCC(O)(CC[N+](C)(C)C)c1ccc(OC)cc1.[I-]. The van der Waals surface area contributed by atoms with Crippen LogP contribution in [0.3, 0.4) is 0 Å². The number of nitrogens with zero attached hydrogens (tertiary/aromatic N) is 1. The second-order valence-electron chi connectivity index (χ2n) is 6.02. The number of methoxy groups -OCH3 is 1. The van der Waals surface area contributed by atoms with Gasteiger partial charge in [-0.3, -0.25) is 0 Å². The smallest absolute Gasteiger partial charge is 0.118 e. The lowest BCUT2D eigenvalue weighted by molar-refractivity contribution is -0.871. The van der Waals surface area contributed by atoms with E-state index in [4.69, 9.17) is 4.74 Å². The Morgan fingerprint density at radius 1 is 1.25 bits per heavy atom. The Morgan fingerprint density at radius 2 is 1.80 bits per heavy atom. The molecule has 1 atom stereocenters. The summed E-state index contributed by atoms with van der Waals surface area (Å²) in [5.74, 6) is 0.802. The summed E-state index contributed by atoms with van der Waals surface area (Å²) >= 11 is 0. The maximum Gasteiger partial charge on any atom is 0.118 e. The lowest BCUT2D eigenvalue weighted by Crippen LogP contribution is -3.00. The van der Waals surface area contributed by atoms with Crippen molar-refractivity contribution in [2.75, 3.05) is 34.8 Å². The van der Waals surface area contributed by atoms with E-state index in [9.17, 15) is 5.11 Å². The number of halogens is 1. The molecule has 114 valence electrons. The molecule has 0 saturated carbocycles. The molecule has 0 aliphatic carbocycles. The number of hydrogen-bond acceptors (Lipinski definition) is 2. The Bertz CT molecular complexity index is 411. The van der Waals surface area contributed by atoms with Gasteiger partial charge in [0.15, 0.2) is 0 Å². The molecule has 1 unspecified atom stereocenters. The van der Waals surface area contributed by atoms with Crippen molar-refractivity contribution >= 4 is 0 Å². The highest BCUT2D eigenvalue weighted by Crippen LogP contribution is 2.31. The number of rotatable bonds is 7. The molecule has 1 rings (SSSR count). The van der Waals surface area contributed by atoms with Crippen molar-refractivity contribution < 1.29 is 38.3 Å². The van der Waals surface area contributed by atoms with E-state index in [0.717, 1.165) is 22.3 Å². The maximum atomic E-state index is 10.9. The highest BCUT2D eigenvalue weighted by molar-refractivity contribution is 5.31. The van der Waals surface area contributed by atoms with Gasteiger partial charge in [-0.1, -0.05) is 18.2 Å². The van der Waals surface area contributed by atoms with Crippen molar-refractivity contribution in [2.45, 2.75) is 18.4 Å². The average molecular weight is 391 g/mol. The van der Waals surface area contributed by atoms with E-state index in [-0.39, 0.29) is 24.0 Å². The zero-order chi connectivity index (χ0) is 14.5. The molecule has 0 heterocycles. The van der Waals surface area contributed by atoms with Crippen molar-refractivity contribution in [2.24, 2.45) is 0 Å². The minimum Gasteiger partial charge on any atom is -1.00 e. The van der Waals surface area contributed by atoms with Crippen molar-refractivity contribution in [1.82, 2.24) is 0 Å². The second-order valence-corrected chi connectivity index (χ2v) is 6.02. The largest absolute Gasteiger partial charge is 1.00 e. The quantitative estimate of drug-likeness (QED) is 0.388. The standard InChI is InChI=1S/C16H26NO2.HI/c1-6-11-16(18,12-13-17(2,3)4)14-7-9-15(19-5)10-8-14;/h6-10,18H,1,11-13H2,2-5H3;1H/q+1;/p-1. The highest BCUT2D eigenvalue weighted by Gasteiger charge is 2.30. The third-order valence-corrected chi connectivity index (χ3v) is 3.31. The summed E-state index contributed by atoms with van der Waals surface area (Å²) in [6.45, 7) is 4.66. The molecule has 0 aromatic heterocycles. The van der Waals surface area contributed by atoms with Gasteiger partial charge in [0.2, 0.25) is 0 Å². The van der Waals surface area contributed by atoms with E-state index < -0.39 is 5.60 Å². The first-order chi connectivity index (χ1) is 8.80. The van der Waals surface area contributed by atoms with Gasteiger partial charge in [-0.05, 0) is 24.1 Å². The molecule has 0 bridgehead atoms. The first kappa shape index (κ1) is 19.4. The van der Waals surface area contributed by atoms with Crippen LogP contribution < -0.4 is 28.7 Å². The van der Waals surface area contributed by atoms with E-state index in [1.165, 1.54) is 0 Å². The molecule has 1 aromatic carbocycles. The van der Waals surface area contributed by atoms with Crippen LogP contribution in [0.1, 0.15) is 18.4 Å². The fourth-order valence-electron chi connectivity index (χ4n) is 2.02. The molecular formula is C16H26INO2. The van der Waals surface area contributed by atoms with Crippen molar-refractivity contribution in [3.63, 3.8) is 0 Å². The summed E-state index contributed by atoms with van der Waals surface area (Å²) in [7, 11) is 8.02. The number of benzene rings is 1. The Labute approximate surface area is 139 Å². The van der Waals surface area contributed by atoms with Crippen LogP contribution >= 0.6 is 0 Å². The summed E-state index contributed by atoms with van der Waals surface area (Å²) in [5.41, 5.74) is 0.0705. The molecule has 0 amide bonds. The first-order valence-electron chi connectivity index (χ1n) is 6.59. The van der Waals surface area contributed by atoms with Gasteiger partial charge in [0, 0.05) is 6.42 Å². The van der Waals surface area contributed by atoms with E-state index in [0.29, 0.717) is 12.8 Å². The predicted octanol–water partition coefficient (Wildman–Crippen LogP) is -0.441. The van der Waals surface area contributed by atoms with Crippen LogP contribution in [0.25, 0.3) is 0 Å². The molecule has 3 nitrogen and oxygen atoms in total. The van der Waals surface area contributed by atoms with Crippen LogP contribution in [0.15, 0.2) is 36.9 Å². The Morgan fingerprint density at radius 3 is 2.20 bits per heavy atom. The van der Waals surface area contributed by atoms with Crippen molar-refractivity contribution in [1.29, 1.82) is 0 Å². The molecule has 1 aromatic rings. The van der Waals surface area contributed by atoms with Crippen LogP contribution in [-0.4, -0.2) is 44.4 Å². The third kappa shape index (κ3) is 5.81. The minimum atomic E-state index is -0.848. The summed E-state index contributed by atoms with van der Waals surface area (Å²) in [6, 6.07) is 7.63. The van der Waals surface area contributed by atoms with Gasteiger partial charge in [0.05, 0.1) is 40.4 Å². The van der Waals surface area contributed by atoms with E-state index in [1.54, 1.807) is 13.2 Å². The van der Waals surface area contributed by atoms with E-state index in [2.05, 4.69) is 27.7 Å². The molecule has 0 aliphatic rings. The monoisotopic (exact) mass is 391 g/mol. The van der Waals surface area contributed by atoms with Crippen LogP contribution in [-0.2, 0) is 5.60 Å². The van der Waals surface area contributed by atoms with Gasteiger partial charge in [-0.2, -0.15) is 0 Å². The molecule has 1 N–H and O–H groups in total. The van der Waals surface area contributed by atoms with Crippen molar-refractivity contribution in [3.8, 4) is 5.75 Å². The minimum absolute atomic E-state index is 0. The van der Waals surface area contributed by atoms with Crippen molar-refractivity contribution in [3.05, 3.63) is 42.5 Å². The first-order valence-corrected chi connectivity index (χ1v) is 6.59. The Balaban J connectivity index is 0.00000361. The van der Waals surface area contributed by atoms with E-state index in [1.807, 2.05) is 24.3 Å². The average Bonchev–Trinajstić information content (AvgIpc) is 2.36. The van der Waals surface area contributed by atoms with Gasteiger partial charge in [0.25, 0.3) is 0 Å². The van der Waals surface area contributed by atoms with Crippen LogP contribution in [0.4, 0.5) is 0 Å².